The molecule has 180 valence electrons. The standard InChI is InChI=1S/C12H13NO.C9H20O3.C4H7NO/c1-12(2)6-5-10-7-9(8-13)3-4-11(10)14-12;1-8(2)11-7-6-9(3,4)12-10-5;6-4-2-1-3-5-4/h3-4,7H,5-6H2,1-2H3;8H,6-7H2,1-5H3;1-3H2,(H,5,6). The third-order valence-corrected chi connectivity index (χ3v) is 4.94. The molecule has 32 heavy (non-hydrogen) atoms. The maximum atomic E-state index is 10.1. The summed E-state index contributed by atoms with van der Waals surface area (Å²) in [6.45, 7) is 13.8. The minimum Gasteiger partial charge on any atom is -0.488 e. The van der Waals surface area contributed by atoms with Crippen LogP contribution in [-0.2, 0) is 25.7 Å². The number of hydrogen-bond donors (Lipinski definition) is 1. The van der Waals surface area contributed by atoms with Gasteiger partial charge in [-0.05, 0) is 84.6 Å². The van der Waals surface area contributed by atoms with Crippen LogP contribution in [0, 0.1) is 11.3 Å². The molecule has 3 rings (SSSR count). The molecule has 2 heterocycles. The summed E-state index contributed by atoms with van der Waals surface area (Å²) >= 11 is 0. The van der Waals surface area contributed by atoms with Gasteiger partial charge in [0.25, 0.3) is 0 Å². The first-order valence-electron chi connectivity index (χ1n) is 11.3. The average Bonchev–Trinajstić information content (AvgIpc) is 3.18. The molecule has 0 aliphatic carbocycles. The van der Waals surface area contributed by atoms with Crippen molar-refractivity contribution in [1.82, 2.24) is 5.32 Å². The molecule has 0 radical (unpaired) electrons. The van der Waals surface area contributed by atoms with E-state index in [0.717, 1.165) is 50.0 Å². The summed E-state index contributed by atoms with van der Waals surface area (Å²) in [7, 11) is 1.52. The Hall–Kier alpha value is -2.14. The van der Waals surface area contributed by atoms with Crippen molar-refractivity contribution in [2.24, 2.45) is 0 Å². The first-order valence-corrected chi connectivity index (χ1v) is 11.3. The van der Waals surface area contributed by atoms with Gasteiger partial charge in [-0.2, -0.15) is 5.26 Å². The maximum absolute atomic E-state index is 10.1. The van der Waals surface area contributed by atoms with Gasteiger partial charge in [0, 0.05) is 26.0 Å². The van der Waals surface area contributed by atoms with E-state index >= 15 is 0 Å². The van der Waals surface area contributed by atoms with Crippen LogP contribution in [0.15, 0.2) is 18.2 Å². The lowest BCUT2D eigenvalue weighted by molar-refractivity contribution is -0.338. The highest BCUT2D eigenvalue weighted by atomic mass is 17.2. The van der Waals surface area contributed by atoms with Crippen molar-refractivity contribution in [3.63, 3.8) is 0 Å². The molecule has 1 fully saturated rings. The molecule has 1 aromatic rings. The van der Waals surface area contributed by atoms with Gasteiger partial charge in [0.15, 0.2) is 0 Å². The van der Waals surface area contributed by atoms with Gasteiger partial charge in [0.05, 0.1) is 24.8 Å². The highest BCUT2D eigenvalue weighted by Crippen LogP contribution is 2.33. The fraction of sp³-hybridized carbons (Fsp3) is 0.680. The van der Waals surface area contributed by atoms with E-state index in [1.165, 1.54) is 7.11 Å². The molecule has 2 aliphatic heterocycles. The van der Waals surface area contributed by atoms with Gasteiger partial charge in [0.2, 0.25) is 5.91 Å². The molecule has 0 saturated carbocycles. The number of aryl methyl sites for hydroxylation is 1. The third-order valence-electron chi connectivity index (χ3n) is 4.94. The summed E-state index contributed by atoms with van der Waals surface area (Å²) in [4.78, 5) is 19.8. The van der Waals surface area contributed by atoms with Crippen LogP contribution in [-0.4, -0.2) is 43.5 Å². The zero-order valence-electron chi connectivity index (χ0n) is 20.7. The monoisotopic (exact) mass is 448 g/mol. The Morgan fingerprint density at radius 2 is 2.00 bits per heavy atom. The molecule has 0 aromatic heterocycles. The average molecular weight is 449 g/mol. The molecule has 0 unspecified atom stereocenters. The Morgan fingerprint density at radius 3 is 2.50 bits per heavy atom. The number of nitrogens with one attached hydrogen (secondary N) is 1. The minimum absolute atomic E-state index is 0.0683. The topological polar surface area (TPSA) is 89.8 Å². The Labute approximate surface area is 193 Å². The molecule has 0 atom stereocenters. The van der Waals surface area contributed by atoms with Crippen LogP contribution in [0.2, 0.25) is 0 Å². The molecule has 1 amide bonds. The molecule has 7 heteroatoms. The van der Waals surface area contributed by atoms with E-state index in [0.29, 0.717) is 12.2 Å². The Kier molecular flexibility index (Phi) is 11.7. The SMILES string of the molecule is CC1(C)CCc2cc(C#N)ccc2O1.COOC(C)(C)CCOC(C)C.O=C1CCCN1. The van der Waals surface area contributed by atoms with Crippen molar-refractivity contribution in [1.29, 1.82) is 5.26 Å². The van der Waals surface area contributed by atoms with Gasteiger partial charge in [-0.15, -0.1) is 0 Å². The number of ether oxygens (including phenoxy) is 2. The van der Waals surface area contributed by atoms with Crippen LogP contribution in [0.4, 0.5) is 0 Å². The van der Waals surface area contributed by atoms with Crippen LogP contribution < -0.4 is 10.1 Å². The van der Waals surface area contributed by atoms with Gasteiger partial charge < -0.3 is 14.8 Å². The third kappa shape index (κ3) is 11.5. The first-order chi connectivity index (χ1) is 15.0. The Bertz CT molecular complexity index is 745. The fourth-order valence-electron chi connectivity index (χ4n) is 3.10. The number of hydrogen-bond acceptors (Lipinski definition) is 6. The van der Waals surface area contributed by atoms with Crippen LogP contribution >= 0.6 is 0 Å². The number of carbonyl (C=O) groups is 1. The number of fused-ring (bicyclic) bond motifs is 1. The molecule has 1 aromatic carbocycles. The summed E-state index contributed by atoms with van der Waals surface area (Å²) in [5.74, 6) is 1.13. The lowest BCUT2D eigenvalue weighted by Crippen LogP contribution is -2.32. The molecular formula is C25H40N2O5. The largest absolute Gasteiger partial charge is 0.488 e. The molecule has 0 bridgehead atoms. The van der Waals surface area contributed by atoms with Crippen LogP contribution in [0.1, 0.15) is 78.4 Å². The maximum Gasteiger partial charge on any atom is 0.220 e. The number of nitriles is 1. The summed E-state index contributed by atoms with van der Waals surface area (Å²) < 4.78 is 11.2. The van der Waals surface area contributed by atoms with Gasteiger partial charge in [0.1, 0.15) is 17.0 Å². The normalized spacial score (nSPS) is 16.4. The van der Waals surface area contributed by atoms with E-state index in [1.807, 2.05) is 39.8 Å². The Balaban J connectivity index is 0.000000258. The van der Waals surface area contributed by atoms with Crippen LogP contribution in [0.3, 0.4) is 0 Å². The van der Waals surface area contributed by atoms with Crippen molar-refractivity contribution >= 4 is 5.91 Å². The highest BCUT2D eigenvalue weighted by Gasteiger charge is 2.26. The minimum atomic E-state index is -0.260. The van der Waals surface area contributed by atoms with E-state index < -0.39 is 0 Å². The highest BCUT2D eigenvalue weighted by molar-refractivity contribution is 5.77. The summed E-state index contributed by atoms with van der Waals surface area (Å²) in [6.07, 6.45) is 4.88. The number of rotatable bonds is 6. The second-order valence-corrected chi connectivity index (χ2v) is 9.43. The van der Waals surface area contributed by atoms with Crippen LogP contribution in [0.5, 0.6) is 5.75 Å². The number of nitrogens with zero attached hydrogens (tertiary/aromatic N) is 1. The van der Waals surface area contributed by atoms with E-state index in [-0.39, 0.29) is 23.2 Å². The quantitative estimate of drug-likeness (QED) is 0.500. The first kappa shape index (κ1) is 27.9. The molecular weight excluding hydrogens is 408 g/mol. The molecule has 1 saturated heterocycles. The van der Waals surface area contributed by atoms with E-state index in [1.54, 1.807) is 6.07 Å². The van der Waals surface area contributed by atoms with Crippen molar-refractivity contribution in [2.75, 3.05) is 20.3 Å². The Morgan fingerprint density at radius 1 is 1.28 bits per heavy atom. The lowest BCUT2D eigenvalue weighted by Gasteiger charge is -2.32. The smallest absolute Gasteiger partial charge is 0.220 e. The zero-order chi connectivity index (χ0) is 24.2. The second kappa shape index (κ2) is 13.4. The van der Waals surface area contributed by atoms with Crippen molar-refractivity contribution in [3.05, 3.63) is 29.3 Å². The zero-order valence-corrected chi connectivity index (χ0v) is 20.7. The number of benzene rings is 1. The van der Waals surface area contributed by atoms with Crippen molar-refractivity contribution < 1.29 is 24.0 Å². The van der Waals surface area contributed by atoms with Gasteiger partial charge in [-0.25, -0.2) is 9.78 Å². The number of amides is 1. The fourth-order valence-corrected chi connectivity index (χ4v) is 3.10. The predicted molar refractivity (Wildman–Crippen MR) is 124 cm³/mol. The number of carbonyl (C=O) groups excluding carboxylic acids is 1. The van der Waals surface area contributed by atoms with Crippen molar-refractivity contribution in [2.45, 2.75) is 91.0 Å². The lowest BCUT2D eigenvalue weighted by atomic mass is 9.93. The predicted octanol–water partition coefficient (Wildman–Crippen LogP) is 4.72. The van der Waals surface area contributed by atoms with Gasteiger partial charge in [-0.3, -0.25) is 4.79 Å². The summed E-state index contributed by atoms with van der Waals surface area (Å²) in [5, 5.41) is 11.4. The van der Waals surface area contributed by atoms with E-state index in [9.17, 15) is 4.79 Å². The molecule has 2 aliphatic rings. The van der Waals surface area contributed by atoms with E-state index in [2.05, 4.69) is 30.1 Å². The summed E-state index contributed by atoms with van der Waals surface area (Å²) in [6, 6.07) is 7.77. The van der Waals surface area contributed by atoms with Gasteiger partial charge in [-0.1, -0.05) is 0 Å². The molecule has 0 spiro atoms. The van der Waals surface area contributed by atoms with Gasteiger partial charge >= 0.3 is 0 Å². The molecule has 1 N–H and O–H groups in total. The van der Waals surface area contributed by atoms with E-state index in [4.69, 9.17) is 19.6 Å². The van der Waals surface area contributed by atoms with Crippen LogP contribution in [0.25, 0.3) is 0 Å². The summed E-state index contributed by atoms with van der Waals surface area (Å²) in [5.41, 5.74) is 1.54. The molecule has 7 nitrogen and oxygen atoms in total. The second-order valence-electron chi connectivity index (χ2n) is 9.43. The van der Waals surface area contributed by atoms with Crippen molar-refractivity contribution in [3.8, 4) is 11.8 Å².